The first-order valence-corrected chi connectivity index (χ1v) is 8.59. The molecule has 0 bridgehead atoms. The number of halogens is 5. The SMILES string of the molecule is COc1cnccc1-c1nc(C(F)(F)F)c(Cc2ccc(Cl)c(Cl)c2)c(=O)[nH]1. The summed E-state index contributed by atoms with van der Waals surface area (Å²) < 4.78 is 46.0. The molecule has 0 fully saturated rings. The number of alkyl halides is 3. The monoisotopic (exact) mass is 429 g/mol. The molecule has 0 unspecified atom stereocenters. The molecule has 0 aliphatic rings. The van der Waals surface area contributed by atoms with Gasteiger partial charge in [-0.15, -0.1) is 0 Å². The van der Waals surface area contributed by atoms with Crippen molar-refractivity contribution >= 4 is 23.2 Å². The van der Waals surface area contributed by atoms with Gasteiger partial charge in [0, 0.05) is 12.6 Å². The Morgan fingerprint density at radius 2 is 1.93 bits per heavy atom. The molecule has 0 aliphatic heterocycles. The maximum Gasteiger partial charge on any atom is 0.433 e. The van der Waals surface area contributed by atoms with E-state index in [4.69, 9.17) is 27.9 Å². The summed E-state index contributed by atoms with van der Waals surface area (Å²) in [5, 5.41) is 0.434. The van der Waals surface area contributed by atoms with Crippen molar-refractivity contribution < 1.29 is 17.9 Å². The van der Waals surface area contributed by atoms with E-state index in [1.54, 1.807) is 0 Å². The van der Waals surface area contributed by atoms with Gasteiger partial charge in [-0.25, -0.2) is 4.98 Å². The van der Waals surface area contributed by atoms with Gasteiger partial charge in [-0.3, -0.25) is 9.78 Å². The topological polar surface area (TPSA) is 67.9 Å². The van der Waals surface area contributed by atoms with Gasteiger partial charge >= 0.3 is 6.18 Å². The Hall–Kier alpha value is -2.58. The highest BCUT2D eigenvalue weighted by atomic mass is 35.5. The zero-order valence-corrected chi connectivity index (χ0v) is 15.8. The highest BCUT2D eigenvalue weighted by Crippen LogP contribution is 2.33. The number of H-pyrrole nitrogens is 1. The van der Waals surface area contributed by atoms with Gasteiger partial charge in [0.25, 0.3) is 5.56 Å². The number of hydrogen-bond donors (Lipinski definition) is 1. The van der Waals surface area contributed by atoms with Crippen molar-refractivity contribution in [3.63, 3.8) is 0 Å². The van der Waals surface area contributed by atoms with E-state index in [1.807, 2.05) is 0 Å². The molecule has 2 aromatic heterocycles. The average molecular weight is 430 g/mol. The van der Waals surface area contributed by atoms with Gasteiger partial charge in [0.05, 0.1) is 34.5 Å². The molecule has 3 rings (SSSR count). The fraction of sp³-hybridized carbons (Fsp3) is 0.167. The van der Waals surface area contributed by atoms with Gasteiger partial charge in [0.15, 0.2) is 5.69 Å². The second kappa shape index (κ2) is 7.81. The van der Waals surface area contributed by atoms with E-state index >= 15 is 0 Å². The van der Waals surface area contributed by atoms with Crippen LogP contribution in [0, 0.1) is 0 Å². The Labute approximate surface area is 167 Å². The van der Waals surface area contributed by atoms with E-state index in [9.17, 15) is 18.0 Å². The molecule has 0 amide bonds. The number of aromatic nitrogens is 3. The first-order chi connectivity index (χ1) is 13.2. The number of rotatable bonds is 4. The number of benzene rings is 1. The van der Waals surface area contributed by atoms with Gasteiger partial charge in [-0.05, 0) is 23.8 Å². The van der Waals surface area contributed by atoms with Crippen LogP contribution in [0.3, 0.4) is 0 Å². The second-order valence-corrected chi connectivity index (χ2v) is 6.56. The summed E-state index contributed by atoms with van der Waals surface area (Å²) in [6, 6.07) is 5.75. The van der Waals surface area contributed by atoms with Crippen molar-refractivity contribution in [3.8, 4) is 17.1 Å². The van der Waals surface area contributed by atoms with E-state index in [0.29, 0.717) is 5.56 Å². The maximum absolute atomic E-state index is 13.6. The molecule has 3 aromatic rings. The largest absolute Gasteiger partial charge is 0.494 e. The highest BCUT2D eigenvalue weighted by molar-refractivity contribution is 6.42. The lowest BCUT2D eigenvalue weighted by atomic mass is 10.0. The van der Waals surface area contributed by atoms with Crippen LogP contribution in [-0.4, -0.2) is 22.1 Å². The number of nitrogens with zero attached hydrogens (tertiary/aromatic N) is 2. The molecule has 10 heteroatoms. The molecule has 0 aliphatic carbocycles. The molecule has 146 valence electrons. The summed E-state index contributed by atoms with van der Waals surface area (Å²) in [6.07, 6.45) is -2.49. The van der Waals surface area contributed by atoms with E-state index < -0.39 is 23.0 Å². The Balaban J connectivity index is 2.16. The summed E-state index contributed by atoms with van der Waals surface area (Å²) in [5.74, 6) is -0.0922. The quantitative estimate of drug-likeness (QED) is 0.649. The van der Waals surface area contributed by atoms with Crippen molar-refractivity contribution in [2.75, 3.05) is 7.11 Å². The second-order valence-electron chi connectivity index (χ2n) is 5.74. The molecular formula is C18H12Cl2F3N3O2. The van der Waals surface area contributed by atoms with Crippen molar-refractivity contribution in [1.29, 1.82) is 0 Å². The van der Waals surface area contributed by atoms with Crippen LogP contribution >= 0.6 is 23.2 Å². The number of pyridine rings is 1. The van der Waals surface area contributed by atoms with Crippen LogP contribution in [0.15, 0.2) is 41.5 Å². The molecule has 28 heavy (non-hydrogen) atoms. The zero-order valence-electron chi connectivity index (χ0n) is 14.3. The molecule has 1 aromatic carbocycles. The van der Waals surface area contributed by atoms with E-state index in [-0.39, 0.29) is 33.6 Å². The predicted molar refractivity (Wildman–Crippen MR) is 98.9 cm³/mol. The zero-order chi connectivity index (χ0) is 20.5. The smallest absolute Gasteiger partial charge is 0.433 e. The van der Waals surface area contributed by atoms with E-state index in [1.165, 1.54) is 43.8 Å². The van der Waals surface area contributed by atoms with Crippen LogP contribution < -0.4 is 10.3 Å². The van der Waals surface area contributed by atoms with Crippen LogP contribution in [0.5, 0.6) is 5.75 Å². The molecule has 0 atom stereocenters. The number of aromatic amines is 1. The van der Waals surface area contributed by atoms with Crippen molar-refractivity contribution in [1.82, 2.24) is 15.0 Å². The molecule has 0 spiro atoms. The van der Waals surface area contributed by atoms with Crippen LogP contribution in [0.4, 0.5) is 13.2 Å². The van der Waals surface area contributed by atoms with E-state index in [0.717, 1.165) is 0 Å². The number of ether oxygens (including phenoxy) is 1. The third-order valence-corrected chi connectivity index (χ3v) is 4.65. The van der Waals surface area contributed by atoms with Gasteiger partial charge in [0.1, 0.15) is 11.6 Å². The van der Waals surface area contributed by atoms with Crippen molar-refractivity contribution in [2.24, 2.45) is 0 Å². The normalized spacial score (nSPS) is 11.5. The maximum atomic E-state index is 13.6. The summed E-state index contributed by atoms with van der Waals surface area (Å²) in [5.41, 5.74) is -2.15. The van der Waals surface area contributed by atoms with Crippen LogP contribution in [0.1, 0.15) is 16.8 Å². The highest BCUT2D eigenvalue weighted by Gasteiger charge is 2.37. The van der Waals surface area contributed by atoms with Crippen LogP contribution in [-0.2, 0) is 12.6 Å². The van der Waals surface area contributed by atoms with Crippen LogP contribution in [0.2, 0.25) is 10.0 Å². The van der Waals surface area contributed by atoms with Crippen LogP contribution in [0.25, 0.3) is 11.4 Å². The Kier molecular flexibility index (Phi) is 5.62. The molecule has 0 radical (unpaired) electrons. The Morgan fingerprint density at radius 1 is 1.18 bits per heavy atom. The van der Waals surface area contributed by atoms with Crippen molar-refractivity contribution in [3.05, 3.63) is 73.9 Å². The third kappa shape index (κ3) is 4.13. The van der Waals surface area contributed by atoms with E-state index in [2.05, 4.69) is 15.0 Å². The fourth-order valence-electron chi connectivity index (χ4n) is 2.62. The van der Waals surface area contributed by atoms with Gasteiger partial charge in [0.2, 0.25) is 0 Å². The minimum Gasteiger partial charge on any atom is -0.494 e. The van der Waals surface area contributed by atoms with Gasteiger partial charge in [-0.2, -0.15) is 13.2 Å². The van der Waals surface area contributed by atoms with Crippen molar-refractivity contribution in [2.45, 2.75) is 12.6 Å². The average Bonchev–Trinajstić information content (AvgIpc) is 2.65. The number of methoxy groups -OCH3 is 1. The first kappa shape index (κ1) is 20.2. The fourth-order valence-corrected chi connectivity index (χ4v) is 2.94. The Bertz CT molecular complexity index is 1080. The number of nitrogens with one attached hydrogen (secondary N) is 1. The minimum absolute atomic E-state index is 0.176. The molecule has 0 saturated carbocycles. The summed E-state index contributed by atoms with van der Waals surface area (Å²) >= 11 is 11.7. The van der Waals surface area contributed by atoms with Gasteiger partial charge < -0.3 is 9.72 Å². The molecule has 5 nitrogen and oxygen atoms in total. The summed E-state index contributed by atoms with van der Waals surface area (Å²) in [6.45, 7) is 0. The van der Waals surface area contributed by atoms with Gasteiger partial charge in [-0.1, -0.05) is 29.3 Å². The lowest BCUT2D eigenvalue weighted by Crippen LogP contribution is -2.24. The number of hydrogen-bond acceptors (Lipinski definition) is 4. The molecule has 0 saturated heterocycles. The third-order valence-electron chi connectivity index (χ3n) is 3.91. The molecule has 2 heterocycles. The minimum atomic E-state index is -4.84. The predicted octanol–water partition coefficient (Wildman–Crippen LogP) is 4.76. The lowest BCUT2D eigenvalue weighted by molar-refractivity contribution is -0.141. The first-order valence-electron chi connectivity index (χ1n) is 7.83. The molecule has 1 N–H and O–H groups in total. The lowest BCUT2D eigenvalue weighted by Gasteiger charge is -2.14. The standard InChI is InChI=1S/C18H12Cl2F3N3O2/c1-28-14-8-24-5-4-10(14)16-25-15(18(21,22)23)11(17(27)26-16)6-9-2-3-12(19)13(20)7-9/h2-5,7-8H,6H2,1H3,(H,25,26,27). The summed E-state index contributed by atoms with van der Waals surface area (Å²) in [4.78, 5) is 22.4. The molecular weight excluding hydrogens is 418 g/mol. The summed E-state index contributed by atoms with van der Waals surface area (Å²) in [7, 11) is 1.34. The Morgan fingerprint density at radius 3 is 2.57 bits per heavy atom.